The highest BCUT2D eigenvalue weighted by atomic mass is 16.5. The van der Waals surface area contributed by atoms with Crippen molar-refractivity contribution in [3.8, 4) is 34.4 Å². The van der Waals surface area contributed by atoms with Crippen LogP contribution >= 0.6 is 0 Å². The Morgan fingerprint density at radius 1 is 0.457 bits per heavy atom. The quantitative estimate of drug-likeness (QED) is 0.197. The fourth-order valence-corrected chi connectivity index (χ4v) is 6.84. The van der Waals surface area contributed by atoms with Gasteiger partial charge in [0.15, 0.2) is 0 Å². The number of rotatable bonds is 5. The van der Waals surface area contributed by atoms with Crippen LogP contribution in [0, 0.1) is 0 Å². The molecule has 0 amide bonds. The second-order valence-electron chi connectivity index (χ2n) is 11.2. The van der Waals surface area contributed by atoms with Crippen LogP contribution in [0.3, 0.4) is 0 Å². The number of fused-ring (bicyclic) bond motifs is 9. The van der Waals surface area contributed by atoms with Gasteiger partial charge in [0.1, 0.15) is 35.7 Å². The molecular weight excluding hydrogens is 570 g/mol. The first-order valence-corrected chi connectivity index (χ1v) is 15.0. The predicted octanol–water partition coefficient (Wildman–Crippen LogP) is 9.00. The highest BCUT2D eigenvalue weighted by molar-refractivity contribution is 5.94. The summed E-state index contributed by atoms with van der Waals surface area (Å²) in [5.41, 5.74) is 7.71. The Kier molecular flexibility index (Phi) is 5.89. The van der Waals surface area contributed by atoms with Gasteiger partial charge in [0, 0.05) is 41.3 Å². The maximum absolute atomic E-state index is 6.41. The van der Waals surface area contributed by atoms with Gasteiger partial charge in [-0.25, -0.2) is 19.9 Å². The first kappa shape index (κ1) is 26.1. The Bertz CT molecular complexity index is 2090. The van der Waals surface area contributed by atoms with Crippen molar-refractivity contribution in [1.29, 1.82) is 0 Å². The summed E-state index contributed by atoms with van der Waals surface area (Å²) in [6, 6.07) is 42.6. The van der Waals surface area contributed by atoms with Crippen molar-refractivity contribution in [2.24, 2.45) is 0 Å². The van der Waals surface area contributed by atoms with Crippen LogP contribution in [-0.2, 0) is 5.41 Å². The van der Waals surface area contributed by atoms with Crippen LogP contribution in [0.1, 0.15) is 22.3 Å². The topological polar surface area (TPSA) is 73.3 Å². The van der Waals surface area contributed by atoms with Gasteiger partial charge in [0.25, 0.3) is 0 Å². The lowest BCUT2D eigenvalue weighted by molar-refractivity contribution is 0.481. The Hall–Kier alpha value is -6.34. The van der Waals surface area contributed by atoms with Crippen molar-refractivity contribution in [1.82, 2.24) is 19.9 Å². The number of hydrogen-bond acceptors (Lipinski definition) is 7. The third-order valence-corrected chi connectivity index (χ3v) is 8.66. The van der Waals surface area contributed by atoms with Crippen LogP contribution in [0.25, 0.3) is 11.4 Å². The van der Waals surface area contributed by atoms with Crippen molar-refractivity contribution in [2.45, 2.75) is 5.41 Å². The first-order chi connectivity index (χ1) is 22.8. The van der Waals surface area contributed by atoms with E-state index in [9.17, 15) is 0 Å². The highest BCUT2D eigenvalue weighted by Crippen LogP contribution is 2.63. The predicted molar refractivity (Wildman–Crippen MR) is 176 cm³/mol. The van der Waals surface area contributed by atoms with Gasteiger partial charge in [-0.05, 0) is 59.7 Å². The molecule has 218 valence electrons. The average molecular weight is 596 g/mol. The van der Waals surface area contributed by atoms with Crippen LogP contribution < -0.4 is 14.4 Å². The molecule has 2 aliphatic rings. The number of para-hydroxylation sites is 3. The molecule has 0 unspecified atom stereocenters. The highest BCUT2D eigenvalue weighted by Gasteiger charge is 2.53. The maximum Gasteiger partial charge on any atom is 0.129 e. The van der Waals surface area contributed by atoms with E-state index >= 15 is 0 Å². The number of nitrogens with zero attached hydrogens (tertiary/aromatic N) is 5. The van der Waals surface area contributed by atoms with E-state index in [1.165, 1.54) is 0 Å². The number of benzene rings is 5. The minimum absolute atomic E-state index is 0.716. The number of hydrogen-bond donors (Lipinski definition) is 0. The van der Waals surface area contributed by atoms with Crippen LogP contribution in [0.4, 0.5) is 17.1 Å². The molecule has 0 bridgehead atoms. The summed E-state index contributed by atoms with van der Waals surface area (Å²) in [7, 11) is 0. The molecule has 1 aliphatic heterocycles. The average Bonchev–Trinajstić information content (AvgIpc) is 3.40. The van der Waals surface area contributed by atoms with Crippen LogP contribution in [0.15, 0.2) is 152 Å². The van der Waals surface area contributed by atoms with Gasteiger partial charge in [-0.1, -0.05) is 66.7 Å². The van der Waals surface area contributed by atoms with E-state index in [1.807, 2.05) is 91.3 Å². The summed E-state index contributed by atoms with van der Waals surface area (Å²) in [5, 5.41) is 0. The summed E-state index contributed by atoms with van der Waals surface area (Å²) in [4.78, 5) is 20.9. The van der Waals surface area contributed by atoms with Crippen molar-refractivity contribution < 1.29 is 9.47 Å². The molecule has 2 aromatic heterocycles. The van der Waals surface area contributed by atoms with Crippen LogP contribution in [0.2, 0.25) is 0 Å². The van der Waals surface area contributed by atoms with Crippen molar-refractivity contribution in [3.05, 3.63) is 175 Å². The standard InChI is InChI=1S/C39H25N5O2/c1-4-10-26(11-5-1)44-35-20-29(45-27-12-6-2-7-13-27)16-18-31(35)39(33-22-40-24-42-37(33)38-34(39)23-41-25-43-38)32-19-17-30(21-36(32)44)46-28-14-8-3-9-15-28/h1-25H. The SMILES string of the molecule is c1ccc(Oc2ccc3c(c2)N(c2ccccc2)c2cc(Oc4ccccc4)ccc2C32c3cncnc3-c3ncncc32)cc1. The Morgan fingerprint density at radius 3 is 1.39 bits per heavy atom. The number of aromatic nitrogens is 4. The van der Waals surface area contributed by atoms with E-state index in [-0.39, 0.29) is 0 Å². The Balaban J connectivity index is 1.35. The monoisotopic (exact) mass is 595 g/mol. The van der Waals surface area contributed by atoms with Gasteiger partial charge < -0.3 is 14.4 Å². The van der Waals surface area contributed by atoms with Gasteiger partial charge in [0.2, 0.25) is 0 Å². The van der Waals surface area contributed by atoms with E-state index in [2.05, 4.69) is 63.4 Å². The molecule has 0 N–H and O–H groups in total. The van der Waals surface area contributed by atoms with Crippen molar-refractivity contribution >= 4 is 17.1 Å². The third kappa shape index (κ3) is 3.92. The van der Waals surface area contributed by atoms with Gasteiger partial charge in [-0.15, -0.1) is 0 Å². The van der Waals surface area contributed by atoms with Crippen LogP contribution in [0.5, 0.6) is 23.0 Å². The molecule has 0 radical (unpaired) electrons. The van der Waals surface area contributed by atoms with E-state index in [0.29, 0.717) is 11.5 Å². The smallest absolute Gasteiger partial charge is 0.129 e. The van der Waals surface area contributed by atoms with Crippen LogP contribution in [-0.4, -0.2) is 19.9 Å². The minimum atomic E-state index is -0.792. The number of anilines is 3. The molecule has 0 saturated heterocycles. The minimum Gasteiger partial charge on any atom is -0.457 e. The second-order valence-corrected chi connectivity index (χ2v) is 11.2. The van der Waals surface area contributed by atoms with Crippen molar-refractivity contribution in [3.63, 3.8) is 0 Å². The van der Waals surface area contributed by atoms with E-state index in [0.717, 1.165) is 62.2 Å². The molecule has 0 fully saturated rings. The molecule has 0 saturated carbocycles. The van der Waals surface area contributed by atoms with Gasteiger partial charge in [0.05, 0.1) is 28.2 Å². The zero-order valence-corrected chi connectivity index (χ0v) is 24.5. The molecule has 1 aliphatic carbocycles. The normalized spacial score (nSPS) is 13.3. The lowest BCUT2D eigenvalue weighted by atomic mass is 9.65. The number of ether oxygens (including phenoxy) is 2. The Morgan fingerprint density at radius 2 is 0.913 bits per heavy atom. The summed E-state index contributed by atoms with van der Waals surface area (Å²) < 4.78 is 12.8. The second kappa shape index (κ2) is 10.4. The van der Waals surface area contributed by atoms with Crippen molar-refractivity contribution in [2.75, 3.05) is 4.90 Å². The third-order valence-electron chi connectivity index (χ3n) is 8.66. The molecule has 7 heteroatoms. The van der Waals surface area contributed by atoms with Gasteiger partial charge >= 0.3 is 0 Å². The zero-order chi connectivity index (χ0) is 30.5. The summed E-state index contributed by atoms with van der Waals surface area (Å²) in [6.07, 6.45) is 6.99. The lowest BCUT2D eigenvalue weighted by Crippen LogP contribution is -2.36. The molecule has 5 aromatic carbocycles. The largest absolute Gasteiger partial charge is 0.457 e. The fraction of sp³-hybridized carbons (Fsp3) is 0.0256. The summed E-state index contributed by atoms with van der Waals surface area (Å²) >= 11 is 0. The Labute approximate surface area is 265 Å². The van der Waals surface area contributed by atoms with Gasteiger partial charge in [-0.2, -0.15) is 0 Å². The van der Waals surface area contributed by atoms with E-state index < -0.39 is 5.41 Å². The molecule has 7 nitrogen and oxygen atoms in total. The lowest BCUT2D eigenvalue weighted by Gasteiger charge is -2.44. The molecule has 7 aromatic rings. The summed E-state index contributed by atoms with van der Waals surface area (Å²) in [6.45, 7) is 0. The molecule has 0 atom stereocenters. The molecule has 46 heavy (non-hydrogen) atoms. The van der Waals surface area contributed by atoms with E-state index in [1.54, 1.807) is 12.7 Å². The molecule has 1 spiro atoms. The fourth-order valence-electron chi connectivity index (χ4n) is 6.84. The first-order valence-electron chi connectivity index (χ1n) is 15.0. The van der Waals surface area contributed by atoms with E-state index in [4.69, 9.17) is 19.4 Å². The van der Waals surface area contributed by atoms with Gasteiger partial charge in [-0.3, -0.25) is 0 Å². The summed E-state index contributed by atoms with van der Waals surface area (Å²) in [5.74, 6) is 2.95. The molecule has 3 heterocycles. The zero-order valence-electron chi connectivity index (χ0n) is 24.5. The molecule has 9 rings (SSSR count). The molecular formula is C39H25N5O2. The maximum atomic E-state index is 6.41.